The summed E-state index contributed by atoms with van der Waals surface area (Å²) in [6.07, 6.45) is 1.70. The zero-order chi connectivity index (χ0) is 14.0. The highest BCUT2D eigenvalue weighted by atomic mass is 15.0. The van der Waals surface area contributed by atoms with E-state index in [2.05, 4.69) is 43.2 Å². The Kier molecular flexibility index (Phi) is 3.74. The minimum Gasteiger partial charge on any atom is -0.397 e. The molecule has 0 saturated carbocycles. The third-order valence-electron chi connectivity index (χ3n) is 3.78. The summed E-state index contributed by atoms with van der Waals surface area (Å²) < 4.78 is 0. The van der Waals surface area contributed by atoms with Crippen LogP contribution >= 0.6 is 0 Å². The zero-order valence-corrected chi connectivity index (χ0v) is 12.0. The molecule has 19 heavy (non-hydrogen) atoms. The summed E-state index contributed by atoms with van der Waals surface area (Å²) in [6.45, 7) is 9.25. The predicted octanol–water partition coefficient (Wildman–Crippen LogP) is 3.51. The lowest BCUT2D eigenvalue weighted by atomic mass is 9.99. The SMILES string of the molecule is Cc1cc(NCc2ccc(C)c(C)c2C)ncc1N. The van der Waals surface area contributed by atoms with Gasteiger partial charge >= 0.3 is 0 Å². The molecule has 3 nitrogen and oxygen atoms in total. The summed E-state index contributed by atoms with van der Waals surface area (Å²) in [5, 5.41) is 3.35. The molecular weight excluding hydrogens is 234 g/mol. The molecule has 0 aliphatic rings. The van der Waals surface area contributed by atoms with Crippen molar-refractivity contribution < 1.29 is 0 Å². The van der Waals surface area contributed by atoms with Crippen molar-refractivity contribution in [2.75, 3.05) is 11.1 Å². The van der Waals surface area contributed by atoms with Gasteiger partial charge in [0, 0.05) is 6.54 Å². The van der Waals surface area contributed by atoms with Gasteiger partial charge in [-0.3, -0.25) is 0 Å². The highest BCUT2D eigenvalue weighted by Crippen LogP contribution is 2.19. The molecule has 3 heteroatoms. The van der Waals surface area contributed by atoms with Crippen LogP contribution in [0, 0.1) is 27.7 Å². The second-order valence-electron chi connectivity index (χ2n) is 5.07. The molecule has 0 unspecified atom stereocenters. The Morgan fingerprint density at radius 1 is 1.05 bits per heavy atom. The summed E-state index contributed by atoms with van der Waals surface area (Å²) in [7, 11) is 0. The van der Waals surface area contributed by atoms with Gasteiger partial charge < -0.3 is 11.1 Å². The zero-order valence-electron chi connectivity index (χ0n) is 12.0. The lowest BCUT2D eigenvalue weighted by Gasteiger charge is -2.13. The van der Waals surface area contributed by atoms with Gasteiger partial charge in [0.25, 0.3) is 0 Å². The van der Waals surface area contributed by atoms with E-state index in [1.807, 2.05) is 13.0 Å². The van der Waals surface area contributed by atoms with E-state index in [0.29, 0.717) is 0 Å². The maximum Gasteiger partial charge on any atom is 0.126 e. The Hall–Kier alpha value is -2.03. The molecule has 100 valence electrons. The Morgan fingerprint density at radius 3 is 2.47 bits per heavy atom. The number of nitrogens with one attached hydrogen (secondary N) is 1. The Bertz CT molecular complexity index is 603. The number of hydrogen-bond acceptors (Lipinski definition) is 3. The van der Waals surface area contributed by atoms with E-state index in [1.165, 1.54) is 22.3 Å². The van der Waals surface area contributed by atoms with Gasteiger partial charge in [0.15, 0.2) is 0 Å². The third-order valence-corrected chi connectivity index (χ3v) is 3.78. The van der Waals surface area contributed by atoms with E-state index >= 15 is 0 Å². The highest BCUT2D eigenvalue weighted by molar-refractivity contribution is 5.51. The number of anilines is 2. The fraction of sp³-hybridized carbons (Fsp3) is 0.312. The summed E-state index contributed by atoms with van der Waals surface area (Å²) in [5.74, 6) is 0.865. The first-order chi connectivity index (χ1) is 8.99. The summed E-state index contributed by atoms with van der Waals surface area (Å²) in [4.78, 5) is 4.29. The minimum absolute atomic E-state index is 0.730. The number of aryl methyl sites for hydroxylation is 2. The molecule has 0 amide bonds. The number of nitrogens with zero attached hydrogens (tertiary/aromatic N) is 1. The van der Waals surface area contributed by atoms with Crippen molar-refractivity contribution in [2.24, 2.45) is 0 Å². The molecule has 0 radical (unpaired) electrons. The summed E-state index contributed by atoms with van der Waals surface area (Å²) in [6, 6.07) is 6.32. The van der Waals surface area contributed by atoms with E-state index in [9.17, 15) is 0 Å². The van der Waals surface area contributed by atoms with Gasteiger partial charge in [-0.2, -0.15) is 0 Å². The first-order valence-corrected chi connectivity index (χ1v) is 6.50. The van der Waals surface area contributed by atoms with E-state index in [4.69, 9.17) is 5.73 Å². The van der Waals surface area contributed by atoms with Crippen LogP contribution in [0.5, 0.6) is 0 Å². The number of hydrogen-bond donors (Lipinski definition) is 2. The van der Waals surface area contributed by atoms with Gasteiger partial charge in [0.1, 0.15) is 5.82 Å². The number of rotatable bonds is 3. The minimum atomic E-state index is 0.730. The standard InChI is InChI=1S/C16H21N3/c1-10-5-6-14(13(4)12(10)3)8-18-16-7-11(2)15(17)9-19-16/h5-7,9H,8,17H2,1-4H3,(H,18,19). The second kappa shape index (κ2) is 5.31. The van der Waals surface area contributed by atoms with Crippen molar-refractivity contribution in [3.8, 4) is 0 Å². The monoisotopic (exact) mass is 255 g/mol. The second-order valence-corrected chi connectivity index (χ2v) is 5.07. The highest BCUT2D eigenvalue weighted by Gasteiger charge is 2.04. The number of pyridine rings is 1. The topological polar surface area (TPSA) is 50.9 Å². The number of aromatic nitrogens is 1. The first kappa shape index (κ1) is 13.4. The van der Waals surface area contributed by atoms with Crippen molar-refractivity contribution in [1.29, 1.82) is 0 Å². The third kappa shape index (κ3) is 2.87. The van der Waals surface area contributed by atoms with E-state index in [0.717, 1.165) is 23.6 Å². The molecule has 0 spiro atoms. The molecule has 0 aliphatic heterocycles. The van der Waals surface area contributed by atoms with Crippen LogP contribution in [0.4, 0.5) is 11.5 Å². The Balaban J connectivity index is 2.14. The fourth-order valence-electron chi connectivity index (χ4n) is 2.05. The van der Waals surface area contributed by atoms with Crippen molar-refractivity contribution in [2.45, 2.75) is 34.2 Å². The van der Waals surface area contributed by atoms with E-state index in [1.54, 1.807) is 6.20 Å². The average Bonchev–Trinajstić information content (AvgIpc) is 2.39. The van der Waals surface area contributed by atoms with Gasteiger partial charge in [0.05, 0.1) is 11.9 Å². The van der Waals surface area contributed by atoms with Crippen LogP contribution in [0.3, 0.4) is 0 Å². The van der Waals surface area contributed by atoms with Crippen LogP contribution in [0.15, 0.2) is 24.4 Å². The van der Waals surface area contributed by atoms with Gasteiger partial charge in [-0.15, -0.1) is 0 Å². The molecule has 1 aromatic heterocycles. The number of benzene rings is 1. The van der Waals surface area contributed by atoms with E-state index < -0.39 is 0 Å². The molecule has 3 N–H and O–H groups in total. The molecule has 1 aromatic carbocycles. The maximum atomic E-state index is 5.77. The van der Waals surface area contributed by atoms with Crippen molar-refractivity contribution in [3.05, 3.63) is 52.2 Å². The molecule has 2 rings (SSSR count). The van der Waals surface area contributed by atoms with Gasteiger partial charge in [-0.05, 0) is 61.6 Å². The molecule has 0 bridgehead atoms. The van der Waals surface area contributed by atoms with Crippen LogP contribution in [-0.2, 0) is 6.54 Å². The lowest BCUT2D eigenvalue weighted by molar-refractivity contribution is 1.07. The van der Waals surface area contributed by atoms with Crippen LogP contribution in [0.2, 0.25) is 0 Å². The van der Waals surface area contributed by atoms with Gasteiger partial charge in [-0.1, -0.05) is 12.1 Å². The van der Waals surface area contributed by atoms with Crippen molar-refractivity contribution in [3.63, 3.8) is 0 Å². The molecule has 2 aromatic rings. The summed E-state index contributed by atoms with van der Waals surface area (Å²) >= 11 is 0. The van der Waals surface area contributed by atoms with Crippen molar-refractivity contribution in [1.82, 2.24) is 4.98 Å². The largest absolute Gasteiger partial charge is 0.397 e. The average molecular weight is 255 g/mol. The Morgan fingerprint density at radius 2 is 1.79 bits per heavy atom. The predicted molar refractivity (Wildman–Crippen MR) is 81.4 cm³/mol. The van der Waals surface area contributed by atoms with Crippen LogP contribution in [0.1, 0.15) is 27.8 Å². The smallest absolute Gasteiger partial charge is 0.126 e. The van der Waals surface area contributed by atoms with Gasteiger partial charge in [0.2, 0.25) is 0 Å². The van der Waals surface area contributed by atoms with Crippen LogP contribution in [-0.4, -0.2) is 4.98 Å². The molecule has 1 heterocycles. The van der Waals surface area contributed by atoms with Crippen LogP contribution in [0.25, 0.3) is 0 Å². The fourth-order valence-corrected chi connectivity index (χ4v) is 2.05. The lowest BCUT2D eigenvalue weighted by Crippen LogP contribution is -2.05. The van der Waals surface area contributed by atoms with E-state index in [-0.39, 0.29) is 0 Å². The molecule has 0 aliphatic carbocycles. The molecule has 0 saturated heterocycles. The quantitative estimate of drug-likeness (QED) is 0.882. The van der Waals surface area contributed by atoms with Crippen LogP contribution < -0.4 is 11.1 Å². The molecular formula is C16H21N3. The Labute approximate surface area is 114 Å². The molecule has 0 fully saturated rings. The first-order valence-electron chi connectivity index (χ1n) is 6.50. The summed E-state index contributed by atoms with van der Waals surface area (Å²) in [5.41, 5.74) is 12.9. The number of nitrogen functional groups attached to an aromatic ring is 1. The number of nitrogens with two attached hydrogens (primary N) is 1. The normalized spacial score (nSPS) is 10.5. The maximum absolute atomic E-state index is 5.77. The van der Waals surface area contributed by atoms with Crippen molar-refractivity contribution >= 4 is 11.5 Å². The van der Waals surface area contributed by atoms with Gasteiger partial charge in [-0.25, -0.2) is 4.98 Å². The molecule has 0 atom stereocenters.